The summed E-state index contributed by atoms with van der Waals surface area (Å²) >= 11 is 0. The fraction of sp³-hybridized carbons (Fsp3) is 0.600. The Balaban J connectivity index is 2.53. The zero-order chi connectivity index (χ0) is 11.1. The Morgan fingerprint density at radius 3 is 3.07 bits per heavy atom. The Morgan fingerprint density at radius 2 is 2.40 bits per heavy atom. The van der Waals surface area contributed by atoms with Gasteiger partial charge in [-0.25, -0.2) is 4.98 Å². The molecule has 5 nitrogen and oxygen atoms in total. The molecule has 2 N–H and O–H groups in total. The maximum absolute atomic E-state index is 11.1. The van der Waals surface area contributed by atoms with Crippen LogP contribution in [-0.2, 0) is 18.0 Å². The van der Waals surface area contributed by atoms with Gasteiger partial charge in [0.1, 0.15) is 12.4 Å². The predicted octanol–water partition coefficient (Wildman–Crippen LogP) is 0.579. The molecule has 0 aromatic carbocycles. The number of H-pyrrole nitrogens is 1. The molecule has 1 heterocycles. The van der Waals surface area contributed by atoms with Crippen molar-refractivity contribution in [2.24, 2.45) is 0 Å². The summed E-state index contributed by atoms with van der Waals surface area (Å²) in [4.78, 5) is 17.5. The fourth-order valence-electron chi connectivity index (χ4n) is 1.14. The average Bonchev–Trinajstić information content (AvgIpc) is 2.23. The van der Waals surface area contributed by atoms with Gasteiger partial charge in [0.25, 0.3) is 5.56 Å². The molecule has 1 aromatic heterocycles. The molecular formula is C10H16N2O3. The Labute approximate surface area is 88.1 Å². The predicted molar refractivity (Wildman–Crippen MR) is 55.3 cm³/mol. The summed E-state index contributed by atoms with van der Waals surface area (Å²) in [5, 5.41) is 8.82. The van der Waals surface area contributed by atoms with Gasteiger partial charge in [-0.3, -0.25) is 4.79 Å². The van der Waals surface area contributed by atoms with Crippen molar-refractivity contribution in [3.8, 4) is 0 Å². The number of nitrogens with one attached hydrogen (secondary N) is 1. The first-order valence-corrected chi connectivity index (χ1v) is 5.04. The van der Waals surface area contributed by atoms with E-state index in [4.69, 9.17) is 9.84 Å². The number of ether oxygens (including phenoxy) is 1. The van der Waals surface area contributed by atoms with Crippen molar-refractivity contribution in [2.75, 3.05) is 6.61 Å². The van der Waals surface area contributed by atoms with Crippen LogP contribution in [-0.4, -0.2) is 21.7 Å². The van der Waals surface area contributed by atoms with Crippen molar-refractivity contribution in [1.29, 1.82) is 0 Å². The van der Waals surface area contributed by atoms with E-state index in [1.807, 2.05) is 0 Å². The SMILES string of the molecule is CCCCOCc1cc(=O)[nH]c(CO)n1. The van der Waals surface area contributed by atoms with Crippen LogP contribution in [0.4, 0.5) is 0 Å². The van der Waals surface area contributed by atoms with Gasteiger partial charge < -0.3 is 14.8 Å². The summed E-state index contributed by atoms with van der Waals surface area (Å²) in [6.45, 7) is 2.80. The molecule has 0 aliphatic rings. The number of aliphatic hydroxyl groups excluding tert-OH is 1. The molecule has 15 heavy (non-hydrogen) atoms. The molecule has 0 atom stereocenters. The summed E-state index contributed by atoms with van der Waals surface area (Å²) in [6.07, 6.45) is 2.07. The van der Waals surface area contributed by atoms with E-state index in [1.165, 1.54) is 6.07 Å². The monoisotopic (exact) mass is 212 g/mol. The molecule has 0 unspecified atom stereocenters. The van der Waals surface area contributed by atoms with Gasteiger partial charge in [-0.2, -0.15) is 0 Å². The van der Waals surface area contributed by atoms with Crippen molar-refractivity contribution in [2.45, 2.75) is 33.0 Å². The molecule has 0 bridgehead atoms. The molecule has 0 saturated heterocycles. The molecule has 0 radical (unpaired) electrons. The first-order valence-electron chi connectivity index (χ1n) is 5.04. The second-order valence-corrected chi connectivity index (χ2v) is 3.25. The fourth-order valence-corrected chi connectivity index (χ4v) is 1.14. The van der Waals surface area contributed by atoms with E-state index in [9.17, 15) is 4.79 Å². The molecule has 0 amide bonds. The molecule has 0 saturated carbocycles. The normalized spacial score (nSPS) is 10.5. The number of aromatic nitrogens is 2. The third kappa shape index (κ3) is 4.22. The van der Waals surface area contributed by atoms with Crippen LogP contribution in [0, 0.1) is 0 Å². The molecule has 0 aliphatic heterocycles. The lowest BCUT2D eigenvalue weighted by Gasteiger charge is -2.03. The highest BCUT2D eigenvalue weighted by molar-refractivity contribution is 5.00. The largest absolute Gasteiger partial charge is 0.388 e. The number of unbranched alkanes of at least 4 members (excludes halogenated alkanes) is 1. The Bertz CT molecular complexity index is 349. The van der Waals surface area contributed by atoms with Crippen LogP contribution in [0.5, 0.6) is 0 Å². The van der Waals surface area contributed by atoms with E-state index in [0.717, 1.165) is 12.8 Å². The van der Waals surface area contributed by atoms with Crippen molar-refractivity contribution < 1.29 is 9.84 Å². The molecule has 0 aliphatic carbocycles. The zero-order valence-corrected chi connectivity index (χ0v) is 8.82. The van der Waals surface area contributed by atoms with E-state index < -0.39 is 0 Å². The summed E-state index contributed by atoms with van der Waals surface area (Å²) in [5.74, 6) is 0.275. The summed E-state index contributed by atoms with van der Waals surface area (Å²) in [7, 11) is 0. The molecule has 1 aromatic rings. The van der Waals surface area contributed by atoms with Crippen LogP contribution >= 0.6 is 0 Å². The van der Waals surface area contributed by atoms with E-state index in [2.05, 4.69) is 16.9 Å². The van der Waals surface area contributed by atoms with E-state index in [1.54, 1.807) is 0 Å². The second-order valence-electron chi connectivity index (χ2n) is 3.25. The van der Waals surface area contributed by atoms with Gasteiger partial charge in [0, 0.05) is 12.7 Å². The van der Waals surface area contributed by atoms with Crippen LogP contribution in [0.25, 0.3) is 0 Å². The minimum absolute atomic E-state index is 0.261. The Kier molecular flexibility index (Phi) is 5.00. The van der Waals surface area contributed by atoms with Crippen LogP contribution in [0.3, 0.4) is 0 Å². The summed E-state index contributed by atoms with van der Waals surface area (Å²) in [6, 6.07) is 1.38. The maximum Gasteiger partial charge on any atom is 0.251 e. The maximum atomic E-state index is 11.1. The molecule has 84 valence electrons. The number of hydrogen-bond donors (Lipinski definition) is 2. The van der Waals surface area contributed by atoms with Crippen LogP contribution in [0.2, 0.25) is 0 Å². The molecule has 0 spiro atoms. The zero-order valence-electron chi connectivity index (χ0n) is 8.82. The number of rotatable bonds is 6. The third-order valence-electron chi connectivity index (χ3n) is 1.89. The summed E-state index contributed by atoms with van der Waals surface area (Å²) < 4.78 is 5.32. The van der Waals surface area contributed by atoms with E-state index in [0.29, 0.717) is 18.9 Å². The lowest BCUT2D eigenvalue weighted by atomic mass is 10.3. The van der Waals surface area contributed by atoms with Crippen molar-refractivity contribution in [1.82, 2.24) is 9.97 Å². The van der Waals surface area contributed by atoms with E-state index >= 15 is 0 Å². The van der Waals surface area contributed by atoms with Gasteiger partial charge in [-0.15, -0.1) is 0 Å². The van der Waals surface area contributed by atoms with Gasteiger partial charge in [0.05, 0.1) is 12.3 Å². The molecule has 0 fully saturated rings. The van der Waals surface area contributed by atoms with Crippen LogP contribution < -0.4 is 5.56 Å². The number of aromatic amines is 1. The Morgan fingerprint density at radius 1 is 1.60 bits per heavy atom. The lowest BCUT2D eigenvalue weighted by molar-refractivity contribution is 0.115. The summed E-state index contributed by atoms with van der Waals surface area (Å²) in [5.41, 5.74) is 0.294. The number of aliphatic hydroxyl groups is 1. The highest BCUT2D eigenvalue weighted by Crippen LogP contribution is 1.97. The minimum Gasteiger partial charge on any atom is -0.388 e. The van der Waals surface area contributed by atoms with E-state index in [-0.39, 0.29) is 18.0 Å². The molecule has 5 heteroatoms. The molecular weight excluding hydrogens is 196 g/mol. The second kappa shape index (κ2) is 6.31. The van der Waals surface area contributed by atoms with Gasteiger partial charge in [-0.05, 0) is 6.42 Å². The Hall–Kier alpha value is -1.20. The van der Waals surface area contributed by atoms with Crippen molar-refractivity contribution in [3.63, 3.8) is 0 Å². The quantitative estimate of drug-likeness (QED) is 0.676. The highest BCUT2D eigenvalue weighted by atomic mass is 16.5. The van der Waals surface area contributed by atoms with Gasteiger partial charge in [0.15, 0.2) is 0 Å². The van der Waals surface area contributed by atoms with Crippen LogP contribution in [0.15, 0.2) is 10.9 Å². The first kappa shape index (κ1) is 11.9. The first-order chi connectivity index (χ1) is 7.26. The number of nitrogens with zero attached hydrogens (tertiary/aromatic N) is 1. The third-order valence-corrected chi connectivity index (χ3v) is 1.89. The van der Waals surface area contributed by atoms with Gasteiger partial charge in [-0.1, -0.05) is 13.3 Å². The smallest absolute Gasteiger partial charge is 0.251 e. The number of hydrogen-bond acceptors (Lipinski definition) is 4. The highest BCUT2D eigenvalue weighted by Gasteiger charge is 2.00. The van der Waals surface area contributed by atoms with Gasteiger partial charge >= 0.3 is 0 Å². The van der Waals surface area contributed by atoms with Crippen molar-refractivity contribution in [3.05, 3.63) is 27.9 Å². The standard InChI is InChI=1S/C10H16N2O3/c1-2-3-4-15-7-8-5-10(14)12-9(6-13)11-8/h5,13H,2-4,6-7H2,1H3,(H,11,12,14). The lowest BCUT2D eigenvalue weighted by Crippen LogP contribution is -2.13. The minimum atomic E-state index is -0.266. The topological polar surface area (TPSA) is 75.2 Å². The average molecular weight is 212 g/mol. The van der Waals surface area contributed by atoms with Gasteiger partial charge in [0.2, 0.25) is 0 Å². The molecule has 1 rings (SSSR count). The van der Waals surface area contributed by atoms with Crippen molar-refractivity contribution >= 4 is 0 Å². The van der Waals surface area contributed by atoms with Crippen LogP contribution in [0.1, 0.15) is 31.3 Å².